The van der Waals surface area contributed by atoms with Gasteiger partial charge < -0.3 is 22.1 Å². The number of carbonyl (C=O) groups excluding carboxylic acids is 2. The number of ether oxygens (including phenoxy) is 1. The number of rotatable bonds is 7. The molecule has 2 aromatic carbocycles. The Morgan fingerprint density at radius 3 is 2.71 bits per heavy atom. The number of anilines is 5. The summed E-state index contributed by atoms with van der Waals surface area (Å²) in [5.74, 6) is 0.503. The van der Waals surface area contributed by atoms with E-state index in [0.29, 0.717) is 28.6 Å². The van der Waals surface area contributed by atoms with Gasteiger partial charge in [-0.3, -0.25) is 9.59 Å². The Balaban J connectivity index is 0.00000228. The van der Waals surface area contributed by atoms with Crippen molar-refractivity contribution in [3.8, 4) is 5.75 Å². The summed E-state index contributed by atoms with van der Waals surface area (Å²) >= 11 is 0. The minimum absolute atomic E-state index is 0. The third-order valence-electron chi connectivity index (χ3n) is 4.82. The van der Waals surface area contributed by atoms with Crippen molar-refractivity contribution in [2.45, 2.75) is 25.2 Å². The van der Waals surface area contributed by atoms with Gasteiger partial charge in [0.15, 0.2) is 6.61 Å². The number of hydrogen-bond donors (Lipinski definition) is 4. The summed E-state index contributed by atoms with van der Waals surface area (Å²) in [7, 11) is -3.99. The van der Waals surface area contributed by atoms with Gasteiger partial charge in [-0.2, -0.15) is 4.98 Å². The second-order valence-corrected chi connectivity index (χ2v) is 9.12. The third-order valence-corrected chi connectivity index (χ3v) is 6.19. The van der Waals surface area contributed by atoms with E-state index in [1.807, 2.05) is 11.6 Å². The fourth-order valence-corrected chi connectivity index (χ4v) is 4.18. The zero-order valence-electron chi connectivity index (χ0n) is 20.4. The number of fused-ring (bicyclic) bond motifs is 1. The van der Waals surface area contributed by atoms with Gasteiger partial charge in [0.25, 0.3) is 15.9 Å². The van der Waals surface area contributed by atoms with Crippen molar-refractivity contribution in [2.75, 3.05) is 22.6 Å². The van der Waals surface area contributed by atoms with E-state index in [1.54, 1.807) is 43.5 Å². The largest absolute Gasteiger partial charge is 1.00 e. The third kappa shape index (κ3) is 6.48. The summed E-state index contributed by atoms with van der Waals surface area (Å²) < 4.78 is 32.2. The fraction of sp³-hybridized carbons (Fsp3) is 0.182. The van der Waals surface area contributed by atoms with Gasteiger partial charge in [0.2, 0.25) is 11.9 Å². The van der Waals surface area contributed by atoms with Gasteiger partial charge in [-0.25, -0.2) is 18.1 Å². The molecule has 0 fully saturated rings. The van der Waals surface area contributed by atoms with Crippen LogP contribution in [-0.2, 0) is 19.6 Å². The van der Waals surface area contributed by atoms with Crippen LogP contribution in [0.4, 0.5) is 28.8 Å². The van der Waals surface area contributed by atoms with E-state index in [-0.39, 0.29) is 60.8 Å². The fourth-order valence-electron chi connectivity index (χ4n) is 3.08. The molecule has 4 rings (SSSR count). The van der Waals surface area contributed by atoms with Gasteiger partial charge in [-0.05, 0) is 43.3 Å². The van der Waals surface area contributed by atoms with Crippen molar-refractivity contribution in [1.29, 1.82) is 0 Å². The summed E-state index contributed by atoms with van der Waals surface area (Å²) in [6.07, 6.45) is 1.66. The second-order valence-electron chi connectivity index (χ2n) is 7.43. The Labute approximate surface area is 225 Å². The summed E-state index contributed by atoms with van der Waals surface area (Å²) in [6.45, 7) is 3.38. The predicted molar refractivity (Wildman–Crippen MR) is 127 cm³/mol. The molecule has 0 saturated carbocycles. The van der Waals surface area contributed by atoms with Gasteiger partial charge in [0.1, 0.15) is 11.6 Å². The SMILES string of the molecule is CCC(=O)NS(=O)(=O)c1cccc(Nc2ncc(C)c(Nc3ccc4c(c3)NC(=O)CO4)n2)c1.[H-].[Na+]. The quantitative estimate of drug-likeness (QED) is 0.323. The first-order valence-electron chi connectivity index (χ1n) is 10.3. The Morgan fingerprint density at radius 1 is 1.17 bits per heavy atom. The summed E-state index contributed by atoms with van der Waals surface area (Å²) in [4.78, 5) is 31.8. The van der Waals surface area contributed by atoms with Crippen LogP contribution >= 0.6 is 0 Å². The molecular weight excluding hydrogens is 483 g/mol. The molecule has 0 saturated heterocycles. The van der Waals surface area contributed by atoms with Gasteiger partial charge >= 0.3 is 29.6 Å². The molecule has 1 aromatic heterocycles. The van der Waals surface area contributed by atoms with E-state index >= 15 is 0 Å². The molecule has 0 aliphatic carbocycles. The Hall–Kier alpha value is -3.19. The Kier molecular flexibility index (Phi) is 8.33. The first-order chi connectivity index (χ1) is 16.2. The molecule has 0 unspecified atom stereocenters. The maximum atomic E-state index is 12.4. The zero-order valence-corrected chi connectivity index (χ0v) is 22.2. The smallest absolute Gasteiger partial charge is 1.00 e. The number of nitrogens with one attached hydrogen (secondary N) is 4. The number of carbonyl (C=O) groups is 2. The van der Waals surface area contributed by atoms with Crippen LogP contribution in [0.15, 0.2) is 53.6 Å². The van der Waals surface area contributed by atoms with E-state index in [4.69, 9.17) is 4.74 Å². The first-order valence-corrected chi connectivity index (χ1v) is 11.8. The van der Waals surface area contributed by atoms with Crippen molar-refractivity contribution >= 4 is 50.7 Å². The van der Waals surface area contributed by atoms with Crippen molar-refractivity contribution < 1.29 is 53.7 Å². The molecule has 13 heteroatoms. The van der Waals surface area contributed by atoms with Crippen LogP contribution in [0.5, 0.6) is 5.75 Å². The number of hydrogen-bond acceptors (Lipinski definition) is 9. The molecule has 0 atom stereocenters. The normalized spacial score (nSPS) is 12.3. The number of sulfonamides is 1. The molecule has 1 aliphatic heterocycles. The monoisotopic (exact) mass is 506 g/mol. The maximum Gasteiger partial charge on any atom is 1.00 e. The molecule has 0 bridgehead atoms. The van der Waals surface area contributed by atoms with E-state index in [1.165, 1.54) is 12.1 Å². The van der Waals surface area contributed by atoms with Crippen LogP contribution in [0.2, 0.25) is 0 Å². The Bertz CT molecular complexity index is 1390. The molecule has 2 heterocycles. The molecule has 11 nitrogen and oxygen atoms in total. The van der Waals surface area contributed by atoms with E-state index in [9.17, 15) is 18.0 Å². The minimum Gasteiger partial charge on any atom is -1.00 e. The molecule has 35 heavy (non-hydrogen) atoms. The van der Waals surface area contributed by atoms with Gasteiger partial charge in [-0.15, -0.1) is 0 Å². The standard InChI is InChI=1S/C22H22N6O5S.Na.H/c1-3-19(29)28-34(31,32)16-6-4-5-14(9-16)25-22-23-11-13(2)21(27-22)24-15-7-8-18-17(10-15)26-20(30)12-33-18;;/h4-11H,3,12H2,1-2H3,(H,26,30)(H,28,29)(H2,23,24,25,27);;/q;+1;-1. The number of aryl methyl sites for hydroxylation is 1. The molecule has 2 amide bonds. The summed E-state index contributed by atoms with van der Waals surface area (Å²) in [5.41, 5.74) is 2.42. The molecule has 0 spiro atoms. The molecule has 3 aromatic rings. The van der Waals surface area contributed by atoms with Crippen LogP contribution in [0.1, 0.15) is 20.3 Å². The van der Waals surface area contributed by atoms with Crippen molar-refractivity contribution in [1.82, 2.24) is 14.7 Å². The topological polar surface area (TPSA) is 151 Å². The van der Waals surface area contributed by atoms with Crippen LogP contribution < -0.4 is 55.0 Å². The Morgan fingerprint density at radius 2 is 1.94 bits per heavy atom. The van der Waals surface area contributed by atoms with Crippen LogP contribution in [0.25, 0.3) is 0 Å². The van der Waals surface area contributed by atoms with Crippen molar-refractivity contribution in [2.24, 2.45) is 0 Å². The van der Waals surface area contributed by atoms with E-state index in [2.05, 4.69) is 25.9 Å². The van der Waals surface area contributed by atoms with Crippen LogP contribution in [0, 0.1) is 6.92 Å². The molecule has 178 valence electrons. The minimum atomic E-state index is -3.99. The summed E-state index contributed by atoms with van der Waals surface area (Å²) in [5, 5.41) is 8.92. The molecular formula is C22H23N6NaO5S. The molecule has 4 N–H and O–H groups in total. The average molecular weight is 507 g/mol. The number of aromatic nitrogens is 2. The first kappa shape index (κ1) is 26.4. The van der Waals surface area contributed by atoms with Crippen molar-refractivity contribution in [3.63, 3.8) is 0 Å². The molecule has 0 radical (unpaired) electrons. The summed E-state index contributed by atoms with van der Waals surface area (Å²) in [6, 6.07) is 11.2. The maximum absolute atomic E-state index is 12.4. The van der Waals surface area contributed by atoms with Gasteiger partial charge in [-0.1, -0.05) is 13.0 Å². The van der Waals surface area contributed by atoms with Crippen LogP contribution in [0.3, 0.4) is 0 Å². The van der Waals surface area contributed by atoms with Crippen molar-refractivity contribution in [3.05, 3.63) is 54.2 Å². The van der Waals surface area contributed by atoms with Gasteiger partial charge in [0.05, 0.1) is 10.6 Å². The van der Waals surface area contributed by atoms with Crippen LogP contribution in [-0.4, -0.2) is 36.8 Å². The molecule has 1 aliphatic rings. The predicted octanol–water partition coefficient (Wildman–Crippen LogP) is -0.0655. The van der Waals surface area contributed by atoms with Gasteiger partial charge in [0, 0.05) is 29.6 Å². The number of benzene rings is 2. The second kappa shape index (κ2) is 11.0. The number of amides is 2. The van der Waals surface area contributed by atoms with E-state index < -0.39 is 15.9 Å². The van der Waals surface area contributed by atoms with E-state index in [0.717, 1.165) is 5.56 Å². The zero-order chi connectivity index (χ0) is 24.3. The number of nitrogens with zero attached hydrogens (tertiary/aromatic N) is 2. The average Bonchev–Trinajstić information content (AvgIpc) is 2.81.